The number of halogens is 2. The molecule has 2 aliphatic heterocycles. The number of ether oxygens (including phenoxy) is 1. The molecular weight excluding hydrogens is 418 g/mol. The van der Waals surface area contributed by atoms with Gasteiger partial charge in [-0.2, -0.15) is 4.98 Å². The zero-order valence-electron chi connectivity index (χ0n) is 17.1. The fraction of sp³-hybridized carbons (Fsp3) is 0.286. The third-order valence-electron chi connectivity index (χ3n) is 6.15. The highest BCUT2D eigenvalue weighted by Gasteiger charge is 2.49. The first-order valence-electron chi connectivity index (χ1n) is 10.2. The van der Waals surface area contributed by atoms with Crippen LogP contribution in [0.5, 0.6) is 0 Å². The maximum Gasteiger partial charge on any atom is 0.237 e. The number of fused-ring (bicyclic) bond motifs is 6. The standard InChI is InChI=1S/C21H18F2N8O/c1-2-21-11-32-8-7-31(21)18-16(30-12-26-28-19(21)30)10-25-20(27-18)29-6-5-24-17(29)14-4-3-13(22)9-15(14)23/h3-6,9-10,12H,2,7-8,11H2,1H3/t21-/m1/s1. The summed E-state index contributed by atoms with van der Waals surface area (Å²) in [5, 5.41) is 8.49. The van der Waals surface area contributed by atoms with Crippen molar-refractivity contribution in [3.05, 3.63) is 60.6 Å². The fourth-order valence-corrected chi connectivity index (χ4v) is 4.54. The highest BCUT2D eigenvalue weighted by Crippen LogP contribution is 2.44. The number of aromatic nitrogens is 7. The molecule has 1 saturated heterocycles. The smallest absolute Gasteiger partial charge is 0.237 e. The van der Waals surface area contributed by atoms with Crippen LogP contribution in [0.3, 0.4) is 0 Å². The van der Waals surface area contributed by atoms with Crippen molar-refractivity contribution in [2.75, 3.05) is 24.7 Å². The number of anilines is 1. The van der Waals surface area contributed by atoms with E-state index >= 15 is 0 Å². The van der Waals surface area contributed by atoms with Crippen LogP contribution in [-0.4, -0.2) is 54.0 Å². The molecule has 0 aliphatic carbocycles. The van der Waals surface area contributed by atoms with Gasteiger partial charge in [-0.3, -0.25) is 9.13 Å². The molecule has 32 heavy (non-hydrogen) atoms. The summed E-state index contributed by atoms with van der Waals surface area (Å²) in [6.07, 6.45) is 7.28. The van der Waals surface area contributed by atoms with Crippen LogP contribution in [0.4, 0.5) is 14.6 Å². The summed E-state index contributed by atoms with van der Waals surface area (Å²) in [5.74, 6) is 0.761. The minimum absolute atomic E-state index is 0.160. The highest BCUT2D eigenvalue weighted by atomic mass is 19.1. The zero-order chi connectivity index (χ0) is 21.9. The minimum Gasteiger partial charge on any atom is -0.377 e. The number of morpholine rings is 1. The summed E-state index contributed by atoms with van der Waals surface area (Å²) in [5.41, 5.74) is 0.427. The predicted molar refractivity (Wildman–Crippen MR) is 110 cm³/mol. The average Bonchev–Trinajstić information content (AvgIpc) is 3.49. The van der Waals surface area contributed by atoms with Gasteiger partial charge in [0.25, 0.3) is 0 Å². The van der Waals surface area contributed by atoms with E-state index in [0.717, 1.165) is 24.0 Å². The highest BCUT2D eigenvalue weighted by molar-refractivity contribution is 5.65. The maximum absolute atomic E-state index is 14.5. The van der Waals surface area contributed by atoms with E-state index in [9.17, 15) is 8.78 Å². The fourth-order valence-electron chi connectivity index (χ4n) is 4.54. The molecule has 0 saturated carbocycles. The summed E-state index contributed by atoms with van der Waals surface area (Å²) in [7, 11) is 0. The number of imidazole rings is 1. The number of benzene rings is 1. The summed E-state index contributed by atoms with van der Waals surface area (Å²) in [4.78, 5) is 15.8. The van der Waals surface area contributed by atoms with Crippen LogP contribution in [0, 0.1) is 11.6 Å². The Labute approximate surface area is 181 Å². The van der Waals surface area contributed by atoms with E-state index in [1.807, 2.05) is 4.57 Å². The van der Waals surface area contributed by atoms with Gasteiger partial charge in [0.05, 0.1) is 25.0 Å². The Morgan fingerprint density at radius 2 is 2.09 bits per heavy atom. The van der Waals surface area contributed by atoms with Gasteiger partial charge in [0.2, 0.25) is 5.95 Å². The van der Waals surface area contributed by atoms with E-state index in [-0.39, 0.29) is 11.4 Å². The first-order valence-corrected chi connectivity index (χ1v) is 10.2. The van der Waals surface area contributed by atoms with Crippen molar-refractivity contribution in [3.63, 3.8) is 0 Å². The number of rotatable bonds is 3. The molecule has 0 radical (unpaired) electrons. The second-order valence-corrected chi connectivity index (χ2v) is 7.74. The van der Waals surface area contributed by atoms with Crippen LogP contribution in [0.1, 0.15) is 19.2 Å². The minimum atomic E-state index is -0.706. The maximum atomic E-state index is 14.5. The lowest BCUT2D eigenvalue weighted by atomic mass is 9.90. The molecular formula is C21H18F2N8O. The topological polar surface area (TPSA) is 86.8 Å². The van der Waals surface area contributed by atoms with Gasteiger partial charge in [-0.05, 0) is 18.6 Å². The van der Waals surface area contributed by atoms with Crippen LogP contribution < -0.4 is 4.90 Å². The third-order valence-corrected chi connectivity index (χ3v) is 6.15. The molecule has 1 fully saturated rings. The van der Waals surface area contributed by atoms with Crippen molar-refractivity contribution in [3.8, 4) is 23.0 Å². The lowest BCUT2D eigenvalue weighted by Gasteiger charge is -2.49. The van der Waals surface area contributed by atoms with E-state index in [1.165, 1.54) is 18.3 Å². The van der Waals surface area contributed by atoms with Crippen LogP contribution in [0.15, 0.2) is 43.1 Å². The van der Waals surface area contributed by atoms with E-state index in [0.29, 0.717) is 31.5 Å². The van der Waals surface area contributed by atoms with Crippen molar-refractivity contribution >= 4 is 5.82 Å². The van der Waals surface area contributed by atoms with Crippen molar-refractivity contribution in [1.82, 2.24) is 34.3 Å². The molecule has 1 atom stereocenters. The Morgan fingerprint density at radius 1 is 1.19 bits per heavy atom. The predicted octanol–water partition coefficient (Wildman–Crippen LogP) is 2.64. The van der Waals surface area contributed by atoms with Gasteiger partial charge in [-0.15, -0.1) is 10.2 Å². The molecule has 0 unspecified atom stereocenters. The van der Waals surface area contributed by atoms with E-state index in [2.05, 4.69) is 32.0 Å². The Balaban J connectivity index is 1.52. The second-order valence-electron chi connectivity index (χ2n) is 7.74. The van der Waals surface area contributed by atoms with E-state index in [1.54, 1.807) is 23.3 Å². The lowest BCUT2D eigenvalue weighted by Crippen LogP contribution is -2.58. The first-order chi connectivity index (χ1) is 15.6. The molecule has 11 heteroatoms. The van der Waals surface area contributed by atoms with Crippen LogP contribution >= 0.6 is 0 Å². The zero-order valence-corrected chi connectivity index (χ0v) is 17.1. The third kappa shape index (κ3) is 2.54. The van der Waals surface area contributed by atoms with E-state index < -0.39 is 17.2 Å². The monoisotopic (exact) mass is 436 g/mol. The van der Waals surface area contributed by atoms with Gasteiger partial charge < -0.3 is 9.64 Å². The van der Waals surface area contributed by atoms with Crippen LogP contribution in [0.2, 0.25) is 0 Å². The summed E-state index contributed by atoms with van der Waals surface area (Å²) in [6.45, 7) is 3.75. The molecule has 2 aliphatic rings. The molecule has 3 aromatic heterocycles. The quantitative estimate of drug-likeness (QED) is 0.488. The molecule has 0 amide bonds. The molecule has 9 nitrogen and oxygen atoms in total. The largest absolute Gasteiger partial charge is 0.377 e. The first kappa shape index (κ1) is 19.0. The SMILES string of the molecule is CC[C@]12COCCN1c1nc(-n3ccnc3-c3ccc(F)cc3F)ncc1-n1cnnc12. The van der Waals surface area contributed by atoms with Gasteiger partial charge >= 0.3 is 0 Å². The van der Waals surface area contributed by atoms with Crippen molar-refractivity contribution in [2.45, 2.75) is 18.9 Å². The molecule has 162 valence electrons. The number of nitrogens with zero attached hydrogens (tertiary/aromatic N) is 8. The van der Waals surface area contributed by atoms with Gasteiger partial charge in [-0.1, -0.05) is 6.92 Å². The number of hydrogen-bond donors (Lipinski definition) is 0. The summed E-state index contributed by atoms with van der Waals surface area (Å²) < 4.78 is 37.2. The Bertz CT molecular complexity index is 1340. The van der Waals surface area contributed by atoms with E-state index in [4.69, 9.17) is 9.72 Å². The van der Waals surface area contributed by atoms with Gasteiger partial charge in [0.15, 0.2) is 11.6 Å². The second kappa shape index (κ2) is 6.89. The molecule has 0 N–H and O–H groups in total. The molecule has 4 aromatic rings. The lowest BCUT2D eigenvalue weighted by molar-refractivity contribution is 0.0390. The van der Waals surface area contributed by atoms with Crippen molar-refractivity contribution in [2.24, 2.45) is 0 Å². The number of hydrogen-bond acceptors (Lipinski definition) is 7. The summed E-state index contributed by atoms with van der Waals surface area (Å²) >= 11 is 0. The van der Waals surface area contributed by atoms with Crippen molar-refractivity contribution < 1.29 is 13.5 Å². The molecule has 6 rings (SSSR count). The molecule has 1 aromatic carbocycles. The van der Waals surface area contributed by atoms with Gasteiger partial charge in [-0.25, -0.2) is 18.7 Å². The van der Waals surface area contributed by atoms with Crippen molar-refractivity contribution in [1.29, 1.82) is 0 Å². The summed E-state index contributed by atoms with van der Waals surface area (Å²) in [6, 6.07) is 3.39. The molecule has 5 heterocycles. The van der Waals surface area contributed by atoms with Crippen LogP contribution in [0.25, 0.3) is 23.0 Å². The normalized spacial score (nSPS) is 19.4. The van der Waals surface area contributed by atoms with Gasteiger partial charge in [0.1, 0.15) is 35.0 Å². The Kier molecular flexibility index (Phi) is 4.09. The Hall–Kier alpha value is -3.73. The molecule has 0 spiro atoms. The van der Waals surface area contributed by atoms with Gasteiger partial charge in [0, 0.05) is 25.0 Å². The Morgan fingerprint density at radius 3 is 2.94 bits per heavy atom. The average molecular weight is 436 g/mol. The molecule has 0 bridgehead atoms. The van der Waals surface area contributed by atoms with Crippen LogP contribution in [-0.2, 0) is 10.3 Å².